The molecule has 0 spiro atoms. The summed E-state index contributed by atoms with van der Waals surface area (Å²) in [7, 11) is -1.81. The Kier molecular flexibility index (Phi) is 6.45. The number of benzene rings is 1. The molecule has 1 aliphatic rings. The van der Waals surface area contributed by atoms with Gasteiger partial charge in [0.15, 0.2) is 0 Å². The van der Waals surface area contributed by atoms with Crippen molar-refractivity contribution in [2.24, 2.45) is 13.0 Å². The highest BCUT2D eigenvalue weighted by molar-refractivity contribution is 7.92. The van der Waals surface area contributed by atoms with Gasteiger partial charge in [-0.1, -0.05) is 0 Å². The van der Waals surface area contributed by atoms with Crippen molar-refractivity contribution in [3.8, 4) is 0 Å². The average molecular weight is 418 g/mol. The summed E-state index contributed by atoms with van der Waals surface area (Å²) in [6.07, 6.45) is 4.55. The minimum absolute atomic E-state index is 0. The van der Waals surface area contributed by atoms with Crippen LogP contribution in [0.3, 0.4) is 0 Å². The van der Waals surface area contributed by atoms with Gasteiger partial charge in [0.2, 0.25) is 15.9 Å². The van der Waals surface area contributed by atoms with E-state index < -0.39 is 15.8 Å². The lowest BCUT2D eigenvalue weighted by atomic mass is 9.90. The monoisotopic (exact) mass is 417 g/mol. The van der Waals surface area contributed by atoms with Crippen molar-refractivity contribution in [1.82, 2.24) is 15.1 Å². The molecule has 2 atom stereocenters. The first-order valence-electron chi connectivity index (χ1n) is 8.00. The van der Waals surface area contributed by atoms with Gasteiger partial charge in [-0.3, -0.25) is 14.2 Å². The molecule has 1 amide bonds. The molecule has 1 fully saturated rings. The third-order valence-electron chi connectivity index (χ3n) is 4.23. The molecular weight excluding hydrogens is 397 g/mol. The van der Waals surface area contributed by atoms with E-state index in [4.69, 9.17) is 0 Å². The second-order valence-corrected chi connectivity index (χ2v) is 8.13. The van der Waals surface area contributed by atoms with Gasteiger partial charge in [-0.25, -0.2) is 12.8 Å². The molecule has 0 radical (unpaired) electrons. The van der Waals surface area contributed by atoms with Gasteiger partial charge in [0, 0.05) is 37.9 Å². The van der Waals surface area contributed by atoms with E-state index in [0.717, 1.165) is 17.9 Å². The van der Waals surface area contributed by atoms with Gasteiger partial charge in [-0.05, 0) is 23.8 Å². The maximum Gasteiger partial charge on any atom is 0.229 e. The Labute approximate surface area is 163 Å². The lowest BCUT2D eigenvalue weighted by Crippen LogP contribution is -2.28. The van der Waals surface area contributed by atoms with Crippen LogP contribution in [0.4, 0.5) is 15.8 Å². The summed E-state index contributed by atoms with van der Waals surface area (Å²) in [6.45, 7) is 1.18. The van der Waals surface area contributed by atoms with Crippen LogP contribution in [0, 0.1) is 11.7 Å². The molecule has 148 valence electrons. The van der Waals surface area contributed by atoms with Crippen LogP contribution in [0.2, 0.25) is 0 Å². The average Bonchev–Trinajstić information content (AvgIpc) is 3.17. The number of rotatable bonds is 5. The van der Waals surface area contributed by atoms with Crippen LogP contribution < -0.4 is 15.4 Å². The summed E-state index contributed by atoms with van der Waals surface area (Å²) in [5, 5.41) is 10.1. The Bertz CT molecular complexity index is 934. The number of hydrogen-bond acceptors (Lipinski definition) is 5. The fourth-order valence-electron chi connectivity index (χ4n) is 3.05. The molecule has 2 heterocycles. The normalized spacial score (nSPS) is 19.4. The first-order valence-corrected chi connectivity index (χ1v) is 9.89. The van der Waals surface area contributed by atoms with Gasteiger partial charge in [0.1, 0.15) is 5.82 Å². The van der Waals surface area contributed by atoms with E-state index in [-0.39, 0.29) is 35.8 Å². The summed E-state index contributed by atoms with van der Waals surface area (Å²) in [4.78, 5) is 12.7. The number of hydrogen-bond donors (Lipinski definition) is 3. The predicted octanol–water partition coefficient (Wildman–Crippen LogP) is 1.29. The zero-order valence-electron chi connectivity index (χ0n) is 14.8. The molecule has 1 aliphatic heterocycles. The lowest BCUT2D eigenvalue weighted by Gasteiger charge is -2.17. The lowest BCUT2D eigenvalue weighted by molar-refractivity contribution is -0.119. The van der Waals surface area contributed by atoms with E-state index in [0.29, 0.717) is 18.8 Å². The number of anilines is 2. The maximum atomic E-state index is 13.8. The van der Waals surface area contributed by atoms with E-state index in [9.17, 15) is 17.6 Å². The highest BCUT2D eigenvalue weighted by Crippen LogP contribution is 2.29. The minimum Gasteiger partial charge on any atom is -0.326 e. The zero-order chi connectivity index (χ0) is 18.9. The molecule has 0 bridgehead atoms. The molecule has 1 aromatic carbocycles. The van der Waals surface area contributed by atoms with Gasteiger partial charge in [0.25, 0.3) is 0 Å². The quantitative estimate of drug-likeness (QED) is 0.680. The number of halogens is 2. The van der Waals surface area contributed by atoms with E-state index >= 15 is 0 Å². The molecule has 11 heteroatoms. The Balaban J connectivity index is 0.00000261. The van der Waals surface area contributed by atoms with E-state index in [1.807, 2.05) is 13.2 Å². The van der Waals surface area contributed by atoms with Crippen molar-refractivity contribution in [3.05, 3.63) is 42.0 Å². The third kappa shape index (κ3) is 5.18. The van der Waals surface area contributed by atoms with Crippen LogP contribution in [-0.4, -0.2) is 43.5 Å². The number of carbonyl (C=O) groups excluding carboxylic acids is 1. The molecule has 8 nitrogen and oxygen atoms in total. The van der Waals surface area contributed by atoms with Crippen molar-refractivity contribution in [3.63, 3.8) is 0 Å². The van der Waals surface area contributed by atoms with Crippen LogP contribution in [0.15, 0.2) is 30.6 Å². The van der Waals surface area contributed by atoms with Crippen molar-refractivity contribution in [1.29, 1.82) is 0 Å². The summed E-state index contributed by atoms with van der Waals surface area (Å²) < 4.78 is 40.2. The smallest absolute Gasteiger partial charge is 0.229 e. The van der Waals surface area contributed by atoms with Crippen molar-refractivity contribution in [2.75, 3.05) is 29.4 Å². The summed E-state index contributed by atoms with van der Waals surface area (Å²) in [5.74, 6) is -1.27. The van der Waals surface area contributed by atoms with Crippen LogP contribution in [0.25, 0.3) is 0 Å². The summed E-state index contributed by atoms with van der Waals surface area (Å²) >= 11 is 0. The van der Waals surface area contributed by atoms with Gasteiger partial charge in [-0.15, -0.1) is 12.4 Å². The van der Waals surface area contributed by atoms with E-state index in [1.54, 1.807) is 10.9 Å². The second-order valence-electron chi connectivity index (χ2n) is 6.38. The Morgan fingerprint density at radius 2 is 2.11 bits per heavy atom. The van der Waals surface area contributed by atoms with E-state index in [1.165, 1.54) is 12.1 Å². The van der Waals surface area contributed by atoms with Crippen molar-refractivity contribution < 1.29 is 17.6 Å². The van der Waals surface area contributed by atoms with Gasteiger partial charge >= 0.3 is 0 Å². The molecule has 1 aromatic heterocycles. The molecule has 3 N–H and O–H groups in total. The standard InChI is InChI=1S/C16H20FN5O3S.ClH/c1-22-9-10(6-19-22)12-7-18-8-13(12)16(23)20-11-3-4-14(17)15(5-11)21-26(2,24)25;/h3-6,9,12-13,18,21H,7-8H2,1-2H3,(H,20,23);1H/t12-,13+;/m1./s1. The van der Waals surface area contributed by atoms with Crippen molar-refractivity contribution in [2.45, 2.75) is 5.92 Å². The first kappa shape index (κ1) is 21.1. The minimum atomic E-state index is -3.63. The molecular formula is C16H21ClFN5O3S. The maximum absolute atomic E-state index is 13.8. The Hall–Kier alpha value is -2.17. The van der Waals surface area contributed by atoms with Gasteiger partial charge in [0.05, 0.1) is 24.1 Å². The SMILES string of the molecule is Cl.Cn1cc([C@H]2CNC[C@@H]2C(=O)Nc2ccc(F)c(NS(C)(=O)=O)c2)cn1. The Morgan fingerprint density at radius 1 is 1.37 bits per heavy atom. The topological polar surface area (TPSA) is 105 Å². The van der Waals surface area contributed by atoms with Crippen LogP contribution in [0.1, 0.15) is 11.5 Å². The van der Waals surface area contributed by atoms with Crippen LogP contribution in [-0.2, 0) is 21.9 Å². The zero-order valence-corrected chi connectivity index (χ0v) is 16.4. The number of aryl methyl sites for hydroxylation is 1. The third-order valence-corrected chi connectivity index (χ3v) is 4.82. The molecule has 0 saturated carbocycles. The number of nitrogens with one attached hydrogen (secondary N) is 3. The highest BCUT2D eigenvalue weighted by Gasteiger charge is 2.34. The molecule has 27 heavy (non-hydrogen) atoms. The van der Waals surface area contributed by atoms with Gasteiger partial charge < -0.3 is 10.6 Å². The summed E-state index contributed by atoms with van der Waals surface area (Å²) in [5.41, 5.74) is 1.08. The largest absolute Gasteiger partial charge is 0.326 e. The number of aromatic nitrogens is 2. The van der Waals surface area contributed by atoms with E-state index in [2.05, 4.69) is 20.5 Å². The number of sulfonamides is 1. The molecule has 3 rings (SSSR count). The fourth-order valence-corrected chi connectivity index (χ4v) is 3.61. The number of carbonyl (C=O) groups is 1. The second kappa shape index (κ2) is 8.24. The van der Waals surface area contributed by atoms with Crippen molar-refractivity contribution >= 4 is 39.7 Å². The highest BCUT2D eigenvalue weighted by atomic mass is 35.5. The fraction of sp³-hybridized carbons (Fsp3) is 0.375. The first-order chi connectivity index (χ1) is 12.2. The van der Waals surface area contributed by atoms with Crippen LogP contribution >= 0.6 is 12.4 Å². The number of amides is 1. The molecule has 0 unspecified atom stereocenters. The van der Waals surface area contributed by atoms with Gasteiger partial charge in [-0.2, -0.15) is 5.10 Å². The molecule has 1 saturated heterocycles. The van der Waals surface area contributed by atoms with Crippen LogP contribution in [0.5, 0.6) is 0 Å². The summed E-state index contributed by atoms with van der Waals surface area (Å²) in [6, 6.07) is 3.76. The molecule has 2 aromatic rings. The Morgan fingerprint density at radius 3 is 2.74 bits per heavy atom. The predicted molar refractivity (Wildman–Crippen MR) is 103 cm³/mol. The molecule has 0 aliphatic carbocycles. The number of nitrogens with zero attached hydrogens (tertiary/aromatic N) is 2.